The highest BCUT2D eigenvalue weighted by Gasteiger charge is 2.16. The molecule has 1 saturated heterocycles. The fourth-order valence-corrected chi connectivity index (χ4v) is 2.84. The Morgan fingerprint density at radius 2 is 2.14 bits per heavy atom. The quantitative estimate of drug-likeness (QED) is 0.875. The molecule has 2 rings (SSSR count). The highest BCUT2D eigenvalue weighted by atomic mass is 19.1. The summed E-state index contributed by atoms with van der Waals surface area (Å²) in [6.45, 7) is 5.81. The van der Waals surface area contributed by atoms with Crippen LogP contribution in [0, 0.1) is 18.7 Å². The van der Waals surface area contributed by atoms with Crippen LogP contribution >= 0.6 is 0 Å². The number of amides is 1. The molecule has 0 aromatic heterocycles. The lowest BCUT2D eigenvalue weighted by Crippen LogP contribution is -2.30. The second-order valence-corrected chi connectivity index (χ2v) is 6.03. The molecule has 1 amide bonds. The van der Waals surface area contributed by atoms with Gasteiger partial charge >= 0.3 is 0 Å². The molecule has 1 heterocycles. The zero-order valence-electron chi connectivity index (χ0n) is 12.9. The fourth-order valence-electron chi connectivity index (χ4n) is 2.84. The third-order valence-corrected chi connectivity index (χ3v) is 4.30. The Morgan fingerprint density at radius 1 is 1.43 bits per heavy atom. The van der Waals surface area contributed by atoms with Gasteiger partial charge in [0.15, 0.2) is 0 Å². The van der Waals surface area contributed by atoms with E-state index in [-0.39, 0.29) is 17.8 Å². The van der Waals surface area contributed by atoms with Crippen molar-refractivity contribution >= 4 is 5.91 Å². The van der Waals surface area contributed by atoms with E-state index in [1.807, 2.05) is 6.92 Å². The lowest BCUT2D eigenvalue weighted by atomic mass is 9.93. The summed E-state index contributed by atoms with van der Waals surface area (Å²) in [6, 6.07) is 4.92. The number of aryl methyl sites for hydroxylation is 1. The van der Waals surface area contributed by atoms with Gasteiger partial charge in [-0.05, 0) is 69.3 Å². The largest absolute Gasteiger partial charge is 0.350 e. The maximum absolute atomic E-state index is 13.3. The van der Waals surface area contributed by atoms with Crippen molar-refractivity contribution in [1.82, 2.24) is 10.6 Å². The first kappa shape index (κ1) is 16.0. The molecule has 0 saturated carbocycles. The van der Waals surface area contributed by atoms with Gasteiger partial charge in [0.05, 0.1) is 6.04 Å². The minimum Gasteiger partial charge on any atom is -0.350 e. The Hall–Kier alpha value is -1.42. The maximum Gasteiger partial charge on any atom is 0.220 e. The number of hydrogen-bond acceptors (Lipinski definition) is 2. The molecule has 1 atom stereocenters. The van der Waals surface area contributed by atoms with Crippen molar-refractivity contribution in [2.75, 3.05) is 13.1 Å². The average Bonchev–Trinajstić information content (AvgIpc) is 2.49. The van der Waals surface area contributed by atoms with Crippen molar-refractivity contribution in [2.45, 2.75) is 45.6 Å². The number of carbonyl (C=O) groups excluding carboxylic acids is 1. The maximum atomic E-state index is 13.3. The van der Waals surface area contributed by atoms with E-state index in [0.717, 1.165) is 25.1 Å². The Labute approximate surface area is 126 Å². The summed E-state index contributed by atoms with van der Waals surface area (Å²) in [4.78, 5) is 12.0. The van der Waals surface area contributed by atoms with Crippen LogP contribution in [-0.4, -0.2) is 19.0 Å². The number of piperidine rings is 1. The fraction of sp³-hybridized carbons (Fsp3) is 0.588. The Balaban J connectivity index is 1.79. The molecule has 0 spiro atoms. The van der Waals surface area contributed by atoms with E-state index in [0.29, 0.717) is 17.9 Å². The van der Waals surface area contributed by atoms with Crippen LogP contribution in [0.15, 0.2) is 18.2 Å². The smallest absolute Gasteiger partial charge is 0.220 e. The van der Waals surface area contributed by atoms with Crippen molar-refractivity contribution in [2.24, 2.45) is 5.92 Å². The van der Waals surface area contributed by atoms with E-state index in [1.165, 1.54) is 18.9 Å². The molecule has 116 valence electrons. The lowest BCUT2D eigenvalue weighted by Gasteiger charge is -2.22. The Morgan fingerprint density at radius 3 is 2.81 bits per heavy atom. The van der Waals surface area contributed by atoms with Crippen molar-refractivity contribution in [3.8, 4) is 0 Å². The molecule has 1 aliphatic rings. The number of carbonyl (C=O) groups is 1. The lowest BCUT2D eigenvalue weighted by molar-refractivity contribution is -0.122. The molecular weight excluding hydrogens is 267 g/mol. The van der Waals surface area contributed by atoms with Gasteiger partial charge in [0.2, 0.25) is 5.91 Å². The molecule has 0 aliphatic carbocycles. The molecule has 0 bridgehead atoms. The van der Waals surface area contributed by atoms with Crippen LogP contribution < -0.4 is 10.6 Å². The summed E-state index contributed by atoms with van der Waals surface area (Å²) in [7, 11) is 0. The summed E-state index contributed by atoms with van der Waals surface area (Å²) in [5.74, 6) is 0.548. The van der Waals surface area contributed by atoms with Crippen molar-refractivity contribution in [1.29, 1.82) is 0 Å². The first-order chi connectivity index (χ1) is 10.1. The summed E-state index contributed by atoms with van der Waals surface area (Å²) in [5.41, 5.74) is 1.56. The van der Waals surface area contributed by atoms with Gasteiger partial charge in [-0.15, -0.1) is 0 Å². The van der Waals surface area contributed by atoms with E-state index in [9.17, 15) is 9.18 Å². The Bertz CT molecular complexity index is 484. The standard InChI is InChI=1S/C17H25FN2O/c1-12-11-15(4-5-16(12)18)13(2)20-17(21)6-3-14-7-9-19-10-8-14/h4-5,11,13-14,19H,3,6-10H2,1-2H3,(H,20,21). The van der Waals surface area contributed by atoms with E-state index >= 15 is 0 Å². The topological polar surface area (TPSA) is 41.1 Å². The SMILES string of the molecule is Cc1cc(C(C)NC(=O)CCC2CCNCC2)ccc1F. The first-order valence-electron chi connectivity index (χ1n) is 7.82. The third-order valence-electron chi connectivity index (χ3n) is 4.30. The van der Waals surface area contributed by atoms with Gasteiger partial charge in [0.1, 0.15) is 5.82 Å². The molecule has 1 fully saturated rings. The van der Waals surface area contributed by atoms with Crippen LogP contribution in [-0.2, 0) is 4.79 Å². The zero-order chi connectivity index (χ0) is 15.2. The van der Waals surface area contributed by atoms with E-state index in [4.69, 9.17) is 0 Å². The highest BCUT2D eigenvalue weighted by Crippen LogP contribution is 2.19. The summed E-state index contributed by atoms with van der Waals surface area (Å²) >= 11 is 0. The molecule has 1 aromatic carbocycles. The second-order valence-electron chi connectivity index (χ2n) is 6.03. The van der Waals surface area contributed by atoms with Crippen molar-refractivity contribution < 1.29 is 9.18 Å². The molecule has 2 N–H and O–H groups in total. The average molecular weight is 292 g/mol. The number of nitrogens with one attached hydrogen (secondary N) is 2. The van der Waals surface area contributed by atoms with E-state index in [2.05, 4.69) is 10.6 Å². The molecule has 1 aromatic rings. The van der Waals surface area contributed by atoms with Crippen LogP contribution in [0.25, 0.3) is 0 Å². The first-order valence-corrected chi connectivity index (χ1v) is 7.82. The molecular formula is C17H25FN2O. The number of hydrogen-bond donors (Lipinski definition) is 2. The minimum absolute atomic E-state index is 0.0789. The second kappa shape index (κ2) is 7.55. The number of rotatable bonds is 5. The number of halogens is 1. The van der Waals surface area contributed by atoms with Crippen LogP contribution in [0.4, 0.5) is 4.39 Å². The third kappa shape index (κ3) is 4.81. The van der Waals surface area contributed by atoms with Crippen LogP contribution in [0.1, 0.15) is 49.8 Å². The van der Waals surface area contributed by atoms with Gasteiger partial charge in [-0.3, -0.25) is 4.79 Å². The minimum atomic E-state index is -0.205. The number of benzene rings is 1. The predicted octanol–water partition coefficient (Wildman–Crippen LogP) is 3.09. The van der Waals surface area contributed by atoms with Gasteiger partial charge in [-0.2, -0.15) is 0 Å². The van der Waals surface area contributed by atoms with Gasteiger partial charge in [0.25, 0.3) is 0 Å². The van der Waals surface area contributed by atoms with Crippen LogP contribution in [0.5, 0.6) is 0 Å². The molecule has 0 radical (unpaired) electrons. The summed E-state index contributed by atoms with van der Waals surface area (Å²) in [5, 5.41) is 6.34. The van der Waals surface area contributed by atoms with Gasteiger partial charge in [-0.1, -0.05) is 12.1 Å². The molecule has 1 aliphatic heterocycles. The van der Waals surface area contributed by atoms with Gasteiger partial charge in [0, 0.05) is 6.42 Å². The molecule has 21 heavy (non-hydrogen) atoms. The Kier molecular flexibility index (Phi) is 5.74. The normalized spacial score (nSPS) is 17.5. The highest BCUT2D eigenvalue weighted by molar-refractivity contribution is 5.76. The van der Waals surface area contributed by atoms with Gasteiger partial charge < -0.3 is 10.6 Å². The van der Waals surface area contributed by atoms with E-state index in [1.54, 1.807) is 19.1 Å². The predicted molar refractivity (Wildman–Crippen MR) is 82.5 cm³/mol. The molecule has 3 nitrogen and oxygen atoms in total. The summed E-state index contributed by atoms with van der Waals surface area (Å²) in [6.07, 6.45) is 3.87. The van der Waals surface area contributed by atoms with Crippen LogP contribution in [0.2, 0.25) is 0 Å². The molecule has 1 unspecified atom stereocenters. The monoisotopic (exact) mass is 292 g/mol. The van der Waals surface area contributed by atoms with Crippen molar-refractivity contribution in [3.63, 3.8) is 0 Å². The van der Waals surface area contributed by atoms with Crippen LogP contribution in [0.3, 0.4) is 0 Å². The van der Waals surface area contributed by atoms with Gasteiger partial charge in [-0.25, -0.2) is 4.39 Å². The van der Waals surface area contributed by atoms with Crippen molar-refractivity contribution in [3.05, 3.63) is 35.1 Å². The van der Waals surface area contributed by atoms with E-state index < -0.39 is 0 Å². The molecule has 4 heteroatoms. The zero-order valence-corrected chi connectivity index (χ0v) is 12.9. The summed E-state index contributed by atoms with van der Waals surface area (Å²) < 4.78 is 13.3.